The second-order valence-electron chi connectivity index (χ2n) is 3.23. The van der Waals surface area contributed by atoms with Crippen molar-refractivity contribution < 1.29 is 0 Å². The van der Waals surface area contributed by atoms with E-state index in [0.29, 0.717) is 12.0 Å². The maximum Gasteiger partial charge on any atom is 0.0991 e. The third-order valence-corrected chi connectivity index (χ3v) is 2.48. The van der Waals surface area contributed by atoms with Gasteiger partial charge in [0.1, 0.15) is 0 Å². The Balaban J connectivity index is 2.69. The van der Waals surface area contributed by atoms with Crippen LogP contribution >= 0.6 is 12.2 Å². The van der Waals surface area contributed by atoms with Gasteiger partial charge in [0.15, 0.2) is 0 Å². The van der Waals surface area contributed by atoms with E-state index in [1.165, 1.54) is 0 Å². The molecule has 0 radical (unpaired) electrons. The summed E-state index contributed by atoms with van der Waals surface area (Å²) in [5, 5.41) is 11.9. The van der Waals surface area contributed by atoms with Gasteiger partial charge >= 0.3 is 0 Å². The van der Waals surface area contributed by atoms with Crippen molar-refractivity contribution in [3.63, 3.8) is 0 Å². The lowest BCUT2D eigenvalue weighted by Crippen LogP contribution is -2.44. The number of nitriles is 1. The first kappa shape index (κ1) is 8.48. The Morgan fingerprint density at radius 2 is 2.27 bits per heavy atom. The maximum absolute atomic E-state index is 8.74. The summed E-state index contributed by atoms with van der Waals surface area (Å²) in [6, 6.07) is 2.65. The lowest BCUT2D eigenvalue weighted by molar-refractivity contribution is 0.388. The molecule has 1 aliphatic heterocycles. The van der Waals surface area contributed by atoms with Gasteiger partial charge in [-0.2, -0.15) is 5.26 Å². The largest absolute Gasteiger partial charge is 0.376 e. The summed E-state index contributed by atoms with van der Waals surface area (Å²) < 4.78 is 0. The van der Waals surface area contributed by atoms with Crippen LogP contribution in [0.3, 0.4) is 0 Å². The van der Waals surface area contributed by atoms with Crippen molar-refractivity contribution in [2.75, 3.05) is 0 Å². The highest BCUT2D eigenvalue weighted by Gasteiger charge is 2.28. The average Bonchev–Trinajstić information content (AvgIpc) is 1.85. The minimum Gasteiger partial charge on any atom is -0.376 e. The number of hydrogen-bond donors (Lipinski definition) is 1. The van der Waals surface area contributed by atoms with E-state index in [1.54, 1.807) is 0 Å². The van der Waals surface area contributed by atoms with E-state index in [1.807, 2.05) is 0 Å². The summed E-state index contributed by atoms with van der Waals surface area (Å²) in [7, 11) is 0. The molecule has 1 N–H and O–H groups in total. The molecule has 0 bridgehead atoms. The number of nitrogens with one attached hydrogen (secondary N) is 1. The fourth-order valence-electron chi connectivity index (χ4n) is 1.53. The monoisotopic (exact) mass is 168 g/mol. The summed E-state index contributed by atoms with van der Waals surface area (Å²) >= 11 is 5.05. The van der Waals surface area contributed by atoms with Gasteiger partial charge in [-0.1, -0.05) is 19.1 Å². The molecule has 1 rings (SSSR count). The lowest BCUT2D eigenvalue weighted by Gasteiger charge is -2.30. The third kappa shape index (κ3) is 1.69. The minimum absolute atomic E-state index is 0.0683. The number of rotatable bonds is 0. The van der Waals surface area contributed by atoms with E-state index >= 15 is 0 Å². The van der Waals surface area contributed by atoms with Crippen LogP contribution in [0.4, 0.5) is 0 Å². The van der Waals surface area contributed by atoms with Gasteiger partial charge in [-0.3, -0.25) is 0 Å². The normalized spacial score (nSPS) is 37.5. The molecular formula is C8H12N2S. The molecule has 0 amide bonds. The highest BCUT2D eigenvalue weighted by atomic mass is 32.1. The van der Waals surface area contributed by atoms with Crippen LogP contribution in [0, 0.1) is 23.2 Å². The molecule has 0 spiro atoms. The van der Waals surface area contributed by atoms with Gasteiger partial charge in [-0.25, -0.2) is 0 Å². The van der Waals surface area contributed by atoms with Gasteiger partial charge in [-0.05, 0) is 19.3 Å². The predicted octanol–water partition coefficient (Wildman–Crippen LogP) is 1.47. The van der Waals surface area contributed by atoms with E-state index < -0.39 is 0 Å². The van der Waals surface area contributed by atoms with Crippen LogP contribution in [-0.4, -0.2) is 11.0 Å². The average molecular weight is 168 g/mol. The highest BCUT2D eigenvalue weighted by molar-refractivity contribution is 7.80. The topological polar surface area (TPSA) is 35.8 Å². The standard InChI is InChI=1S/C8H12N2S/c1-5-3-6(2)10-8(11)7(5)4-9/h5-7H,3H2,1-2H3,(H,10,11). The van der Waals surface area contributed by atoms with Crippen LogP contribution in [0.1, 0.15) is 20.3 Å². The second kappa shape index (κ2) is 3.19. The van der Waals surface area contributed by atoms with Crippen LogP contribution in [0.15, 0.2) is 0 Å². The zero-order valence-electron chi connectivity index (χ0n) is 6.79. The predicted molar refractivity (Wildman–Crippen MR) is 48.1 cm³/mol. The van der Waals surface area contributed by atoms with Gasteiger partial charge < -0.3 is 5.32 Å². The van der Waals surface area contributed by atoms with E-state index in [0.717, 1.165) is 11.4 Å². The molecule has 0 saturated carbocycles. The van der Waals surface area contributed by atoms with Crippen molar-refractivity contribution in [3.05, 3.63) is 0 Å². The van der Waals surface area contributed by atoms with E-state index in [9.17, 15) is 0 Å². The van der Waals surface area contributed by atoms with E-state index in [4.69, 9.17) is 17.5 Å². The van der Waals surface area contributed by atoms with Gasteiger partial charge in [0.25, 0.3) is 0 Å². The van der Waals surface area contributed by atoms with Crippen molar-refractivity contribution in [1.82, 2.24) is 5.32 Å². The van der Waals surface area contributed by atoms with Gasteiger partial charge in [0, 0.05) is 6.04 Å². The molecule has 2 nitrogen and oxygen atoms in total. The molecule has 60 valence electrons. The van der Waals surface area contributed by atoms with Crippen molar-refractivity contribution in [2.45, 2.75) is 26.3 Å². The van der Waals surface area contributed by atoms with E-state index in [2.05, 4.69) is 25.2 Å². The number of nitrogens with zero attached hydrogens (tertiary/aromatic N) is 1. The molecule has 1 saturated heterocycles. The first-order valence-electron chi connectivity index (χ1n) is 3.85. The minimum atomic E-state index is -0.0683. The molecule has 3 atom stereocenters. The summed E-state index contributed by atoms with van der Waals surface area (Å²) in [5.41, 5.74) is 0. The summed E-state index contributed by atoms with van der Waals surface area (Å²) in [6.45, 7) is 4.17. The van der Waals surface area contributed by atoms with Crippen molar-refractivity contribution >= 4 is 17.2 Å². The lowest BCUT2D eigenvalue weighted by atomic mass is 9.86. The maximum atomic E-state index is 8.74. The fraction of sp³-hybridized carbons (Fsp3) is 0.750. The van der Waals surface area contributed by atoms with Crippen LogP contribution < -0.4 is 5.32 Å². The Morgan fingerprint density at radius 1 is 1.64 bits per heavy atom. The smallest absolute Gasteiger partial charge is 0.0991 e. The summed E-state index contributed by atoms with van der Waals surface area (Å²) in [4.78, 5) is 0.721. The molecule has 3 heteroatoms. The van der Waals surface area contributed by atoms with Gasteiger partial charge in [0.2, 0.25) is 0 Å². The summed E-state index contributed by atoms with van der Waals surface area (Å²) in [5.74, 6) is 0.338. The van der Waals surface area contributed by atoms with Crippen molar-refractivity contribution in [3.8, 4) is 6.07 Å². The number of piperidine rings is 1. The molecule has 3 unspecified atom stereocenters. The number of hydrogen-bond acceptors (Lipinski definition) is 2. The summed E-state index contributed by atoms with van der Waals surface area (Å²) in [6.07, 6.45) is 1.04. The zero-order chi connectivity index (χ0) is 8.43. The Morgan fingerprint density at radius 3 is 2.73 bits per heavy atom. The zero-order valence-corrected chi connectivity index (χ0v) is 7.61. The van der Waals surface area contributed by atoms with Crippen LogP contribution in [0.2, 0.25) is 0 Å². The first-order chi connectivity index (χ1) is 5.15. The van der Waals surface area contributed by atoms with Crippen LogP contribution in [0.25, 0.3) is 0 Å². The molecule has 0 aromatic carbocycles. The molecule has 11 heavy (non-hydrogen) atoms. The van der Waals surface area contributed by atoms with Crippen LogP contribution in [0.5, 0.6) is 0 Å². The Labute approximate surface area is 72.6 Å². The fourth-order valence-corrected chi connectivity index (χ4v) is 2.02. The Hall–Kier alpha value is -0.620. The highest BCUT2D eigenvalue weighted by Crippen LogP contribution is 2.22. The first-order valence-corrected chi connectivity index (χ1v) is 4.26. The molecular weight excluding hydrogens is 156 g/mol. The van der Waals surface area contributed by atoms with E-state index in [-0.39, 0.29) is 5.92 Å². The molecule has 0 aromatic rings. The van der Waals surface area contributed by atoms with Gasteiger partial charge in [0.05, 0.1) is 17.0 Å². The van der Waals surface area contributed by atoms with Gasteiger partial charge in [-0.15, -0.1) is 0 Å². The molecule has 1 fully saturated rings. The van der Waals surface area contributed by atoms with Crippen molar-refractivity contribution in [2.24, 2.45) is 11.8 Å². The SMILES string of the molecule is CC1CC(C)C(C#N)C(=S)N1. The molecule has 0 aromatic heterocycles. The van der Waals surface area contributed by atoms with Crippen LogP contribution in [-0.2, 0) is 0 Å². The Kier molecular flexibility index (Phi) is 2.45. The Bertz CT molecular complexity index is 207. The molecule has 1 aliphatic rings. The van der Waals surface area contributed by atoms with Crippen molar-refractivity contribution in [1.29, 1.82) is 5.26 Å². The number of thiocarbonyl (C=S) groups is 1. The quantitative estimate of drug-likeness (QED) is 0.556. The molecule has 1 heterocycles. The third-order valence-electron chi connectivity index (χ3n) is 2.10. The second-order valence-corrected chi connectivity index (χ2v) is 3.67. The molecule has 0 aliphatic carbocycles.